The summed E-state index contributed by atoms with van der Waals surface area (Å²) in [5, 5.41) is 2.68. The van der Waals surface area contributed by atoms with E-state index in [2.05, 4.69) is 5.32 Å². The molecule has 2 aromatic carbocycles. The summed E-state index contributed by atoms with van der Waals surface area (Å²) in [7, 11) is -3.14. The van der Waals surface area contributed by atoms with Gasteiger partial charge in [0.05, 0.1) is 11.3 Å². The highest BCUT2D eigenvalue weighted by Gasteiger charge is 2.19. The molecule has 6 nitrogen and oxygen atoms in total. The van der Waals surface area contributed by atoms with E-state index in [4.69, 9.17) is 4.74 Å². The number of nitrogens with one attached hydrogen (secondary N) is 1. The fourth-order valence-electron chi connectivity index (χ4n) is 2.20. The lowest BCUT2D eigenvalue weighted by Gasteiger charge is -2.14. The van der Waals surface area contributed by atoms with Crippen molar-refractivity contribution in [1.29, 1.82) is 0 Å². The molecule has 0 saturated heterocycles. The standard InChI is InChI=1S/C19H21NO5S/c1-13-4-10-17(11-5-13)20-18(21)14(2)25-19(22)16-8-6-15(7-9-16)12-26(3,23)24/h4-11,14H,12H2,1-3H3,(H,20,21)/t14-/m0/s1. The van der Waals surface area contributed by atoms with E-state index >= 15 is 0 Å². The van der Waals surface area contributed by atoms with Crippen LogP contribution in [-0.4, -0.2) is 32.7 Å². The Morgan fingerprint density at radius 1 is 1.04 bits per heavy atom. The van der Waals surface area contributed by atoms with Crippen LogP contribution in [0.1, 0.15) is 28.4 Å². The minimum absolute atomic E-state index is 0.0995. The van der Waals surface area contributed by atoms with Gasteiger partial charge in [-0.25, -0.2) is 13.2 Å². The van der Waals surface area contributed by atoms with Crippen LogP contribution in [-0.2, 0) is 25.1 Å². The molecule has 0 saturated carbocycles. The molecule has 0 heterocycles. The number of carbonyl (C=O) groups is 2. The van der Waals surface area contributed by atoms with Crippen LogP contribution >= 0.6 is 0 Å². The summed E-state index contributed by atoms with van der Waals surface area (Å²) >= 11 is 0. The normalized spacial score (nSPS) is 12.3. The Kier molecular flexibility index (Phi) is 6.15. The maximum absolute atomic E-state index is 12.1. The molecular formula is C19H21NO5S. The van der Waals surface area contributed by atoms with Gasteiger partial charge in [0.1, 0.15) is 0 Å². The number of carbonyl (C=O) groups excluding carboxylic acids is 2. The molecule has 7 heteroatoms. The van der Waals surface area contributed by atoms with Crippen LogP contribution in [0.4, 0.5) is 5.69 Å². The highest BCUT2D eigenvalue weighted by atomic mass is 32.2. The number of esters is 1. The molecule has 0 spiro atoms. The van der Waals surface area contributed by atoms with E-state index in [9.17, 15) is 18.0 Å². The zero-order chi connectivity index (χ0) is 19.3. The van der Waals surface area contributed by atoms with Crippen molar-refractivity contribution in [2.75, 3.05) is 11.6 Å². The zero-order valence-electron chi connectivity index (χ0n) is 14.9. The number of hydrogen-bond donors (Lipinski definition) is 1. The highest BCUT2D eigenvalue weighted by Crippen LogP contribution is 2.12. The third-order valence-corrected chi connectivity index (χ3v) is 4.45. The lowest BCUT2D eigenvalue weighted by atomic mass is 10.1. The van der Waals surface area contributed by atoms with Gasteiger partial charge in [-0.05, 0) is 43.7 Å². The Bertz CT molecular complexity index is 887. The molecule has 26 heavy (non-hydrogen) atoms. The van der Waals surface area contributed by atoms with Gasteiger partial charge in [0.15, 0.2) is 15.9 Å². The van der Waals surface area contributed by atoms with Crippen molar-refractivity contribution in [3.63, 3.8) is 0 Å². The number of anilines is 1. The van der Waals surface area contributed by atoms with Crippen LogP contribution in [0.3, 0.4) is 0 Å². The average Bonchev–Trinajstić information content (AvgIpc) is 2.56. The van der Waals surface area contributed by atoms with Gasteiger partial charge in [-0.2, -0.15) is 0 Å². The van der Waals surface area contributed by atoms with Crippen molar-refractivity contribution in [3.05, 3.63) is 65.2 Å². The molecule has 2 rings (SSSR count). The number of aryl methyl sites for hydroxylation is 1. The summed E-state index contributed by atoms with van der Waals surface area (Å²) in [6.45, 7) is 3.43. The summed E-state index contributed by atoms with van der Waals surface area (Å²) in [6, 6.07) is 13.3. The van der Waals surface area contributed by atoms with E-state index < -0.39 is 27.8 Å². The van der Waals surface area contributed by atoms with E-state index in [0.717, 1.165) is 11.8 Å². The summed E-state index contributed by atoms with van der Waals surface area (Å²) < 4.78 is 27.7. The van der Waals surface area contributed by atoms with Crippen LogP contribution in [0, 0.1) is 6.92 Å². The minimum Gasteiger partial charge on any atom is -0.449 e. The van der Waals surface area contributed by atoms with Crippen molar-refractivity contribution in [3.8, 4) is 0 Å². The quantitative estimate of drug-likeness (QED) is 0.784. The van der Waals surface area contributed by atoms with E-state index in [1.54, 1.807) is 24.3 Å². The predicted octanol–water partition coefficient (Wildman–Crippen LogP) is 2.72. The Morgan fingerprint density at radius 3 is 2.15 bits per heavy atom. The van der Waals surface area contributed by atoms with Gasteiger partial charge in [-0.15, -0.1) is 0 Å². The topological polar surface area (TPSA) is 89.5 Å². The van der Waals surface area contributed by atoms with Gasteiger partial charge in [0.25, 0.3) is 5.91 Å². The molecule has 1 amide bonds. The Hall–Kier alpha value is -2.67. The maximum Gasteiger partial charge on any atom is 0.338 e. The monoisotopic (exact) mass is 375 g/mol. The van der Waals surface area contributed by atoms with E-state index in [-0.39, 0.29) is 11.3 Å². The van der Waals surface area contributed by atoms with Gasteiger partial charge in [-0.3, -0.25) is 4.79 Å². The molecule has 0 aliphatic rings. The number of sulfone groups is 1. The molecule has 2 aromatic rings. The van der Waals surface area contributed by atoms with Crippen molar-refractivity contribution in [1.82, 2.24) is 0 Å². The maximum atomic E-state index is 12.1. The molecule has 0 fully saturated rings. The van der Waals surface area contributed by atoms with E-state index in [1.165, 1.54) is 19.1 Å². The summed E-state index contributed by atoms with van der Waals surface area (Å²) in [4.78, 5) is 24.3. The van der Waals surface area contributed by atoms with Crippen LogP contribution in [0.5, 0.6) is 0 Å². The second kappa shape index (κ2) is 8.14. The number of rotatable bonds is 6. The fourth-order valence-corrected chi connectivity index (χ4v) is 3.00. The third kappa shape index (κ3) is 6.00. The lowest BCUT2D eigenvalue weighted by Crippen LogP contribution is -2.30. The molecule has 0 aliphatic carbocycles. The second-order valence-corrected chi connectivity index (χ2v) is 8.31. The third-order valence-electron chi connectivity index (χ3n) is 3.59. The zero-order valence-corrected chi connectivity index (χ0v) is 15.7. The van der Waals surface area contributed by atoms with Crippen molar-refractivity contribution >= 4 is 27.4 Å². The number of benzene rings is 2. The summed E-state index contributed by atoms with van der Waals surface area (Å²) in [6.07, 6.45) is 0.170. The molecule has 138 valence electrons. The number of ether oxygens (including phenoxy) is 1. The molecule has 0 bridgehead atoms. The molecule has 0 radical (unpaired) electrons. The first-order chi connectivity index (χ1) is 12.1. The van der Waals surface area contributed by atoms with Crippen LogP contribution in [0.25, 0.3) is 0 Å². The number of hydrogen-bond acceptors (Lipinski definition) is 5. The molecule has 0 aliphatic heterocycles. The van der Waals surface area contributed by atoms with Crippen LogP contribution in [0.2, 0.25) is 0 Å². The lowest BCUT2D eigenvalue weighted by molar-refractivity contribution is -0.123. The molecule has 0 unspecified atom stereocenters. The SMILES string of the molecule is Cc1ccc(NC(=O)[C@H](C)OC(=O)c2ccc(CS(C)(=O)=O)cc2)cc1. The van der Waals surface area contributed by atoms with Gasteiger partial charge >= 0.3 is 5.97 Å². The first-order valence-corrected chi connectivity index (χ1v) is 10.1. The molecular weight excluding hydrogens is 354 g/mol. The van der Waals surface area contributed by atoms with E-state index in [1.807, 2.05) is 19.1 Å². The Labute approximate surface area is 153 Å². The molecule has 0 aromatic heterocycles. The van der Waals surface area contributed by atoms with Gasteiger partial charge in [0, 0.05) is 11.9 Å². The largest absolute Gasteiger partial charge is 0.449 e. The first kappa shape index (κ1) is 19.7. The summed E-state index contributed by atoms with van der Waals surface area (Å²) in [5.74, 6) is -1.18. The van der Waals surface area contributed by atoms with Crippen LogP contribution < -0.4 is 5.32 Å². The first-order valence-electron chi connectivity index (χ1n) is 7.99. The highest BCUT2D eigenvalue weighted by molar-refractivity contribution is 7.89. The smallest absolute Gasteiger partial charge is 0.338 e. The van der Waals surface area contributed by atoms with Gasteiger partial charge in [-0.1, -0.05) is 29.8 Å². The van der Waals surface area contributed by atoms with E-state index in [0.29, 0.717) is 11.3 Å². The second-order valence-electron chi connectivity index (χ2n) is 6.17. The predicted molar refractivity (Wildman–Crippen MR) is 99.7 cm³/mol. The molecule has 1 atom stereocenters. The van der Waals surface area contributed by atoms with Crippen molar-refractivity contribution < 1.29 is 22.7 Å². The fraction of sp³-hybridized carbons (Fsp3) is 0.263. The van der Waals surface area contributed by atoms with Gasteiger partial charge in [0.2, 0.25) is 0 Å². The Morgan fingerprint density at radius 2 is 1.62 bits per heavy atom. The van der Waals surface area contributed by atoms with Gasteiger partial charge < -0.3 is 10.1 Å². The average molecular weight is 375 g/mol. The van der Waals surface area contributed by atoms with Crippen molar-refractivity contribution in [2.45, 2.75) is 25.7 Å². The number of amides is 1. The minimum atomic E-state index is -3.14. The Balaban J connectivity index is 1.95. The molecule has 1 N–H and O–H groups in total. The van der Waals surface area contributed by atoms with Crippen molar-refractivity contribution in [2.24, 2.45) is 0 Å². The van der Waals surface area contributed by atoms with Crippen LogP contribution in [0.15, 0.2) is 48.5 Å². The summed E-state index contributed by atoms with van der Waals surface area (Å²) in [5.41, 5.74) is 2.52.